The first-order valence-electron chi connectivity index (χ1n) is 7.54. The third kappa shape index (κ3) is 5.63. The van der Waals surface area contributed by atoms with Crippen molar-refractivity contribution in [1.29, 1.82) is 0 Å². The van der Waals surface area contributed by atoms with Crippen LogP contribution < -0.4 is 11.1 Å². The van der Waals surface area contributed by atoms with E-state index in [1.807, 2.05) is 6.07 Å². The van der Waals surface area contributed by atoms with Crippen LogP contribution in [0.3, 0.4) is 0 Å². The molecule has 0 saturated carbocycles. The molecule has 2 aromatic rings. The van der Waals surface area contributed by atoms with Crippen LogP contribution in [0.15, 0.2) is 54.6 Å². The molecule has 4 nitrogen and oxygen atoms in total. The fraction of sp³-hybridized carbons (Fsp3) is 0.222. The van der Waals surface area contributed by atoms with Gasteiger partial charge in [-0.2, -0.15) is 13.2 Å². The van der Waals surface area contributed by atoms with E-state index in [1.54, 1.807) is 24.3 Å². The minimum absolute atomic E-state index is 0.0218. The van der Waals surface area contributed by atoms with Crippen molar-refractivity contribution in [2.24, 2.45) is 5.73 Å². The summed E-state index contributed by atoms with van der Waals surface area (Å²) in [5.41, 5.74) is 5.76. The molecule has 132 valence electrons. The molecule has 2 rings (SSSR count). The zero-order chi connectivity index (χ0) is 18.4. The van der Waals surface area contributed by atoms with Crippen LogP contribution in [-0.4, -0.2) is 17.9 Å². The van der Waals surface area contributed by atoms with Gasteiger partial charge in [0.05, 0.1) is 12.0 Å². The number of nitrogens with one attached hydrogen (secondary N) is 1. The van der Waals surface area contributed by atoms with Crippen molar-refractivity contribution in [3.8, 4) is 0 Å². The Morgan fingerprint density at radius 1 is 0.960 bits per heavy atom. The van der Waals surface area contributed by atoms with Crippen molar-refractivity contribution in [3.05, 3.63) is 71.3 Å². The molecule has 0 aliphatic heterocycles. The Morgan fingerprint density at radius 2 is 1.56 bits per heavy atom. The fourth-order valence-electron chi connectivity index (χ4n) is 2.31. The van der Waals surface area contributed by atoms with Gasteiger partial charge in [-0.15, -0.1) is 0 Å². The van der Waals surface area contributed by atoms with Crippen LogP contribution in [0.1, 0.15) is 16.7 Å². The summed E-state index contributed by atoms with van der Waals surface area (Å²) in [4.78, 5) is 23.6. The van der Waals surface area contributed by atoms with Gasteiger partial charge in [-0.25, -0.2) is 0 Å². The topological polar surface area (TPSA) is 72.2 Å². The van der Waals surface area contributed by atoms with Gasteiger partial charge in [0.1, 0.15) is 6.04 Å². The van der Waals surface area contributed by atoms with Gasteiger partial charge in [0.15, 0.2) is 0 Å². The number of alkyl halides is 3. The first-order valence-corrected chi connectivity index (χ1v) is 7.54. The maximum Gasteiger partial charge on any atom is 0.416 e. The van der Waals surface area contributed by atoms with Crippen LogP contribution >= 0.6 is 0 Å². The Kier molecular flexibility index (Phi) is 5.80. The van der Waals surface area contributed by atoms with E-state index in [-0.39, 0.29) is 18.7 Å². The van der Waals surface area contributed by atoms with Crippen molar-refractivity contribution in [3.63, 3.8) is 0 Å². The molecule has 0 heterocycles. The highest BCUT2D eigenvalue weighted by Gasteiger charge is 2.30. The monoisotopic (exact) mass is 350 g/mol. The molecular formula is C18H17F3N2O2. The van der Waals surface area contributed by atoms with E-state index in [1.165, 1.54) is 12.1 Å². The number of carbonyl (C=O) groups is 2. The maximum absolute atomic E-state index is 12.6. The van der Waals surface area contributed by atoms with Gasteiger partial charge in [0, 0.05) is 6.42 Å². The first-order chi connectivity index (χ1) is 11.8. The minimum Gasteiger partial charge on any atom is -0.368 e. The van der Waals surface area contributed by atoms with Crippen molar-refractivity contribution in [2.45, 2.75) is 25.1 Å². The van der Waals surface area contributed by atoms with Crippen LogP contribution in [0.25, 0.3) is 0 Å². The lowest BCUT2D eigenvalue weighted by molar-refractivity contribution is -0.137. The molecule has 0 fully saturated rings. The summed E-state index contributed by atoms with van der Waals surface area (Å²) in [6.45, 7) is 0. The van der Waals surface area contributed by atoms with E-state index in [4.69, 9.17) is 5.73 Å². The van der Waals surface area contributed by atoms with Crippen molar-refractivity contribution < 1.29 is 22.8 Å². The fourth-order valence-corrected chi connectivity index (χ4v) is 2.31. The van der Waals surface area contributed by atoms with E-state index in [9.17, 15) is 22.8 Å². The molecule has 0 unspecified atom stereocenters. The molecule has 0 aliphatic rings. The Bertz CT molecular complexity index is 728. The number of halogens is 3. The molecule has 7 heteroatoms. The maximum atomic E-state index is 12.6. The standard InChI is InChI=1S/C18H17F3N2O2/c19-18(20,21)14-8-6-13(7-9-14)10-15(17(22)25)23-16(24)11-12-4-2-1-3-5-12/h1-9,15H,10-11H2,(H2,22,25)(H,23,24)/t15-/m1/s1. The highest BCUT2D eigenvalue weighted by Crippen LogP contribution is 2.29. The number of hydrogen-bond acceptors (Lipinski definition) is 2. The lowest BCUT2D eigenvalue weighted by Crippen LogP contribution is -2.46. The van der Waals surface area contributed by atoms with E-state index in [0.29, 0.717) is 5.56 Å². The normalized spacial score (nSPS) is 12.4. The summed E-state index contributed by atoms with van der Waals surface area (Å²) in [5.74, 6) is -1.14. The molecular weight excluding hydrogens is 333 g/mol. The lowest BCUT2D eigenvalue weighted by Gasteiger charge is -2.16. The number of rotatable bonds is 6. The van der Waals surface area contributed by atoms with Gasteiger partial charge in [-0.3, -0.25) is 9.59 Å². The van der Waals surface area contributed by atoms with Gasteiger partial charge in [0.25, 0.3) is 0 Å². The zero-order valence-electron chi connectivity index (χ0n) is 13.2. The number of primary amides is 1. The van der Waals surface area contributed by atoms with E-state index in [2.05, 4.69) is 5.32 Å². The molecule has 2 amide bonds. The Morgan fingerprint density at radius 3 is 2.08 bits per heavy atom. The average molecular weight is 350 g/mol. The first kappa shape index (κ1) is 18.5. The second-order valence-electron chi connectivity index (χ2n) is 5.58. The van der Waals surface area contributed by atoms with Crippen molar-refractivity contribution in [1.82, 2.24) is 5.32 Å². The summed E-state index contributed by atoms with van der Waals surface area (Å²) in [5, 5.41) is 2.52. The summed E-state index contributed by atoms with van der Waals surface area (Å²) in [6, 6.07) is 12.3. The summed E-state index contributed by atoms with van der Waals surface area (Å²) >= 11 is 0. The average Bonchev–Trinajstić information content (AvgIpc) is 2.54. The Balaban J connectivity index is 2.01. The third-order valence-electron chi connectivity index (χ3n) is 3.61. The van der Waals surface area contributed by atoms with Gasteiger partial charge in [0.2, 0.25) is 11.8 Å². The Labute approximate surface area is 142 Å². The van der Waals surface area contributed by atoms with Crippen molar-refractivity contribution >= 4 is 11.8 Å². The zero-order valence-corrected chi connectivity index (χ0v) is 13.2. The summed E-state index contributed by atoms with van der Waals surface area (Å²) < 4.78 is 37.7. The van der Waals surface area contributed by atoms with Crippen LogP contribution in [0.4, 0.5) is 13.2 Å². The predicted octanol–water partition coefficient (Wildman–Crippen LogP) is 2.46. The largest absolute Gasteiger partial charge is 0.416 e. The second-order valence-corrected chi connectivity index (χ2v) is 5.58. The van der Waals surface area contributed by atoms with E-state index in [0.717, 1.165) is 17.7 Å². The molecule has 3 N–H and O–H groups in total. The molecule has 2 aromatic carbocycles. The SMILES string of the molecule is NC(=O)[C@@H](Cc1ccc(C(F)(F)F)cc1)NC(=O)Cc1ccccc1. The minimum atomic E-state index is -4.43. The van der Waals surface area contributed by atoms with E-state index < -0.39 is 23.7 Å². The van der Waals surface area contributed by atoms with Gasteiger partial charge >= 0.3 is 6.18 Å². The van der Waals surface area contributed by atoms with Gasteiger partial charge in [-0.1, -0.05) is 42.5 Å². The highest BCUT2D eigenvalue weighted by molar-refractivity contribution is 5.87. The molecule has 0 radical (unpaired) electrons. The molecule has 0 saturated heterocycles. The number of amides is 2. The second kappa shape index (κ2) is 7.83. The number of benzene rings is 2. The van der Waals surface area contributed by atoms with Gasteiger partial charge in [-0.05, 0) is 23.3 Å². The molecule has 0 bridgehead atoms. The molecule has 0 spiro atoms. The van der Waals surface area contributed by atoms with E-state index >= 15 is 0 Å². The Hall–Kier alpha value is -2.83. The molecule has 0 aliphatic carbocycles. The predicted molar refractivity (Wildman–Crippen MR) is 86.4 cm³/mol. The van der Waals surface area contributed by atoms with Crippen LogP contribution in [0, 0.1) is 0 Å². The van der Waals surface area contributed by atoms with Crippen LogP contribution in [-0.2, 0) is 28.6 Å². The summed E-state index contributed by atoms with van der Waals surface area (Å²) in [7, 11) is 0. The number of hydrogen-bond donors (Lipinski definition) is 2. The summed E-state index contributed by atoms with van der Waals surface area (Å²) in [6.07, 6.45) is -4.32. The number of nitrogens with two attached hydrogens (primary N) is 1. The van der Waals surface area contributed by atoms with Crippen LogP contribution in [0.5, 0.6) is 0 Å². The third-order valence-corrected chi connectivity index (χ3v) is 3.61. The molecule has 1 atom stereocenters. The molecule has 0 aromatic heterocycles. The van der Waals surface area contributed by atoms with Crippen LogP contribution in [0.2, 0.25) is 0 Å². The lowest BCUT2D eigenvalue weighted by atomic mass is 10.0. The smallest absolute Gasteiger partial charge is 0.368 e. The van der Waals surface area contributed by atoms with Gasteiger partial charge < -0.3 is 11.1 Å². The highest BCUT2D eigenvalue weighted by atomic mass is 19.4. The van der Waals surface area contributed by atoms with Crippen molar-refractivity contribution in [2.75, 3.05) is 0 Å². The number of carbonyl (C=O) groups excluding carboxylic acids is 2. The molecule has 25 heavy (non-hydrogen) atoms. The quantitative estimate of drug-likeness (QED) is 0.840.